The second kappa shape index (κ2) is 6.37. The summed E-state index contributed by atoms with van der Waals surface area (Å²) in [5, 5.41) is 4.55. The van der Waals surface area contributed by atoms with Gasteiger partial charge in [-0.05, 0) is 54.1 Å². The van der Waals surface area contributed by atoms with E-state index in [1.165, 1.54) is 23.8 Å². The first-order valence-electron chi connectivity index (χ1n) is 8.49. The molecule has 1 saturated heterocycles. The average molecular weight is 391 g/mol. The molecule has 7 heteroatoms. The molecule has 1 atom stereocenters. The minimum atomic E-state index is -0.537. The molecule has 3 N–H and O–H groups in total. The van der Waals surface area contributed by atoms with Crippen LogP contribution in [0.2, 0.25) is 0 Å². The van der Waals surface area contributed by atoms with Crippen LogP contribution in [0.1, 0.15) is 25.7 Å². The van der Waals surface area contributed by atoms with Crippen LogP contribution in [-0.4, -0.2) is 41.3 Å². The van der Waals surface area contributed by atoms with E-state index in [9.17, 15) is 4.79 Å². The summed E-state index contributed by atoms with van der Waals surface area (Å²) in [7, 11) is 0. The Labute approximate surface area is 149 Å². The maximum Gasteiger partial charge on any atom is 0.324 e. The molecule has 1 aliphatic carbocycles. The van der Waals surface area contributed by atoms with Gasteiger partial charge in [0.1, 0.15) is 0 Å². The largest absolute Gasteiger partial charge is 0.368 e. The molecule has 0 unspecified atom stereocenters. The Balaban J connectivity index is 1.62. The summed E-state index contributed by atoms with van der Waals surface area (Å²) in [6.45, 7) is 3.09. The number of hydrogen-bond acceptors (Lipinski definition) is 4. The van der Waals surface area contributed by atoms with E-state index in [1.54, 1.807) is 12.4 Å². The van der Waals surface area contributed by atoms with E-state index < -0.39 is 6.03 Å². The summed E-state index contributed by atoms with van der Waals surface area (Å²) < 4.78 is 2.27. The van der Waals surface area contributed by atoms with Crippen LogP contribution >= 0.6 is 15.9 Å². The lowest BCUT2D eigenvalue weighted by Crippen LogP contribution is -2.46. The predicted molar refractivity (Wildman–Crippen MR) is 97.2 cm³/mol. The van der Waals surface area contributed by atoms with E-state index in [2.05, 4.69) is 37.2 Å². The van der Waals surface area contributed by atoms with Gasteiger partial charge >= 0.3 is 6.03 Å². The van der Waals surface area contributed by atoms with Gasteiger partial charge in [0.2, 0.25) is 0 Å². The van der Waals surface area contributed by atoms with Crippen LogP contribution in [0.3, 0.4) is 0 Å². The van der Waals surface area contributed by atoms with Crippen molar-refractivity contribution in [1.29, 1.82) is 0 Å². The van der Waals surface area contributed by atoms with Gasteiger partial charge in [0.05, 0.1) is 15.5 Å². The van der Waals surface area contributed by atoms with E-state index in [4.69, 9.17) is 5.73 Å². The highest BCUT2D eigenvalue weighted by Gasteiger charge is 2.27. The van der Waals surface area contributed by atoms with Crippen LogP contribution < -0.4 is 16.0 Å². The lowest BCUT2D eigenvalue weighted by atomic mass is 10.0. The number of carbonyl (C=O) groups excluding carboxylic acids is 1. The van der Waals surface area contributed by atoms with Crippen LogP contribution in [0.25, 0.3) is 11.0 Å². The van der Waals surface area contributed by atoms with Gasteiger partial charge < -0.3 is 16.0 Å². The minimum absolute atomic E-state index is 0.507. The fourth-order valence-corrected chi connectivity index (χ4v) is 4.01. The summed E-state index contributed by atoms with van der Waals surface area (Å²) in [5.74, 6) is 0.887. The van der Waals surface area contributed by atoms with Gasteiger partial charge in [0, 0.05) is 37.6 Å². The van der Waals surface area contributed by atoms with Crippen LogP contribution in [0.15, 0.2) is 16.9 Å². The van der Waals surface area contributed by atoms with Crippen molar-refractivity contribution in [2.24, 2.45) is 11.7 Å². The topological polar surface area (TPSA) is 76.2 Å². The molecule has 2 fully saturated rings. The Morgan fingerprint density at radius 3 is 3.04 bits per heavy atom. The van der Waals surface area contributed by atoms with E-state index >= 15 is 0 Å². The predicted octanol–water partition coefficient (Wildman–Crippen LogP) is 2.49. The third-order valence-electron chi connectivity index (χ3n) is 4.92. The van der Waals surface area contributed by atoms with Gasteiger partial charge in [-0.1, -0.05) is 0 Å². The van der Waals surface area contributed by atoms with Gasteiger partial charge in [0.25, 0.3) is 0 Å². The number of piperidine rings is 1. The molecule has 2 aromatic rings. The van der Waals surface area contributed by atoms with Crippen molar-refractivity contribution in [3.05, 3.63) is 22.9 Å². The number of amides is 1. The molecule has 1 radical (unpaired) electrons. The Morgan fingerprint density at radius 1 is 1.46 bits per heavy atom. The summed E-state index contributed by atoms with van der Waals surface area (Å²) in [4.78, 5) is 18.3. The number of primary amides is 1. The van der Waals surface area contributed by atoms with Crippen molar-refractivity contribution in [3.8, 4) is 0 Å². The van der Waals surface area contributed by atoms with Crippen molar-refractivity contribution in [2.45, 2.75) is 31.7 Å². The molecule has 1 aliphatic heterocycles. The summed E-state index contributed by atoms with van der Waals surface area (Å²) in [6.07, 6.45) is 8.41. The number of fused-ring (bicyclic) bond motifs is 1. The first-order chi connectivity index (χ1) is 11.6. The van der Waals surface area contributed by atoms with E-state index in [0.717, 1.165) is 47.5 Å². The maximum atomic E-state index is 11.5. The standard InChI is InChI=1S/C17H21BrN5O/c18-14-9-21-16-13(5-7-23(16)17(19)24)15(14)22-6-1-2-12(10-22)20-8-11-3-4-11/h7,9,11-12,20H,1-4,6,8,10H2,(H2,19,24)/t12-/m1/s1. The number of halogens is 1. The van der Waals surface area contributed by atoms with E-state index in [1.807, 2.05) is 0 Å². The second-order valence-electron chi connectivity index (χ2n) is 6.77. The number of aromatic nitrogens is 2. The fraction of sp³-hybridized carbons (Fsp3) is 0.529. The zero-order chi connectivity index (χ0) is 16.7. The van der Waals surface area contributed by atoms with Gasteiger partial charge in [-0.2, -0.15) is 0 Å². The molecule has 0 spiro atoms. The molecular formula is C17H21BrN5O. The molecule has 127 valence electrons. The van der Waals surface area contributed by atoms with E-state index in [0.29, 0.717) is 11.7 Å². The Morgan fingerprint density at radius 2 is 2.29 bits per heavy atom. The van der Waals surface area contributed by atoms with Gasteiger partial charge in [0.15, 0.2) is 5.65 Å². The molecule has 3 heterocycles. The Hall–Kier alpha value is -1.60. The number of nitrogens with zero attached hydrogens (tertiary/aromatic N) is 3. The molecule has 6 nitrogen and oxygen atoms in total. The van der Waals surface area contributed by atoms with Crippen molar-refractivity contribution < 1.29 is 4.79 Å². The quantitative estimate of drug-likeness (QED) is 0.840. The minimum Gasteiger partial charge on any atom is -0.368 e. The fourth-order valence-electron chi connectivity index (χ4n) is 3.45. The molecule has 1 saturated carbocycles. The van der Waals surface area contributed by atoms with Gasteiger partial charge in [-0.3, -0.25) is 4.57 Å². The maximum absolute atomic E-state index is 11.5. The zero-order valence-electron chi connectivity index (χ0n) is 13.5. The summed E-state index contributed by atoms with van der Waals surface area (Å²) >= 11 is 3.62. The van der Waals surface area contributed by atoms with Crippen molar-refractivity contribution in [3.63, 3.8) is 0 Å². The Kier molecular flexibility index (Phi) is 4.22. The normalized spacial score (nSPS) is 21.4. The number of anilines is 1. The molecular weight excluding hydrogens is 370 g/mol. The SMILES string of the molecule is NC(=O)n1c[c]c2c(N3CCC[C@@H](NCC4CC4)C3)c(Br)cnc21. The first-order valence-corrected chi connectivity index (χ1v) is 9.28. The number of nitrogens with two attached hydrogens (primary N) is 1. The lowest BCUT2D eigenvalue weighted by Gasteiger charge is -2.35. The van der Waals surface area contributed by atoms with Crippen LogP contribution in [-0.2, 0) is 0 Å². The number of rotatable bonds is 4. The number of nitrogens with one attached hydrogen (secondary N) is 1. The summed E-state index contributed by atoms with van der Waals surface area (Å²) in [6, 6.07) is 3.13. The van der Waals surface area contributed by atoms with Crippen molar-refractivity contribution in [1.82, 2.24) is 14.9 Å². The molecule has 1 amide bonds. The number of carbonyl (C=O) groups is 1. The highest BCUT2D eigenvalue weighted by atomic mass is 79.9. The highest BCUT2D eigenvalue weighted by Crippen LogP contribution is 2.35. The third-order valence-corrected chi connectivity index (χ3v) is 5.50. The van der Waals surface area contributed by atoms with Crippen LogP contribution in [0.5, 0.6) is 0 Å². The van der Waals surface area contributed by atoms with Gasteiger partial charge in [-0.15, -0.1) is 0 Å². The molecule has 2 aliphatic rings. The highest BCUT2D eigenvalue weighted by molar-refractivity contribution is 9.10. The number of pyridine rings is 1. The molecule has 24 heavy (non-hydrogen) atoms. The number of hydrogen-bond donors (Lipinski definition) is 2. The smallest absolute Gasteiger partial charge is 0.324 e. The molecule has 0 aromatic carbocycles. The summed E-state index contributed by atoms with van der Waals surface area (Å²) in [5.41, 5.74) is 7.03. The van der Waals surface area contributed by atoms with Gasteiger partial charge in [-0.25, -0.2) is 9.78 Å². The monoisotopic (exact) mass is 390 g/mol. The first kappa shape index (κ1) is 15.9. The van der Waals surface area contributed by atoms with Crippen LogP contribution in [0.4, 0.5) is 10.5 Å². The molecule has 0 bridgehead atoms. The third kappa shape index (κ3) is 3.02. The molecule has 2 aromatic heterocycles. The zero-order valence-corrected chi connectivity index (χ0v) is 15.1. The Bertz CT molecular complexity index is 770. The molecule has 4 rings (SSSR count). The van der Waals surface area contributed by atoms with Crippen molar-refractivity contribution in [2.75, 3.05) is 24.5 Å². The van der Waals surface area contributed by atoms with E-state index in [-0.39, 0.29) is 0 Å². The van der Waals surface area contributed by atoms with Crippen molar-refractivity contribution >= 4 is 38.7 Å². The average Bonchev–Trinajstić information content (AvgIpc) is 3.30. The van der Waals surface area contributed by atoms with Crippen LogP contribution in [0, 0.1) is 12.0 Å². The second-order valence-corrected chi connectivity index (χ2v) is 7.63. The lowest BCUT2D eigenvalue weighted by molar-refractivity contribution is 0.251.